The fourth-order valence-corrected chi connectivity index (χ4v) is 6.46. The van der Waals surface area contributed by atoms with Crippen molar-refractivity contribution in [3.05, 3.63) is 41.5 Å². The molecule has 3 heterocycles. The molecule has 5 unspecified atom stereocenters. The Morgan fingerprint density at radius 1 is 1.32 bits per heavy atom. The molecule has 28 heavy (non-hydrogen) atoms. The highest BCUT2D eigenvalue weighted by atomic mass is 35.5. The van der Waals surface area contributed by atoms with Gasteiger partial charge in [0.05, 0.1) is 24.2 Å². The number of rotatable bonds is 1. The lowest BCUT2D eigenvalue weighted by Gasteiger charge is -2.46. The Hall–Kier alpha value is -1.54. The first kappa shape index (κ1) is 18.5. The third kappa shape index (κ3) is 3.05. The van der Waals surface area contributed by atoms with Gasteiger partial charge in [-0.15, -0.1) is 11.6 Å². The van der Waals surface area contributed by atoms with Gasteiger partial charge in [-0.2, -0.15) is 0 Å². The SMILES string of the molecule is O=C(c1ccc2c(c1)C1CC(Cl)C3C=CC=NC3[C@@H]1NS2=O)N1CCOCC1. The molecule has 6 atom stereocenters. The van der Waals surface area contributed by atoms with Crippen LogP contribution in [-0.2, 0) is 15.7 Å². The van der Waals surface area contributed by atoms with Crippen molar-refractivity contribution in [3.8, 4) is 0 Å². The molecule has 4 aliphatic rings. The minimum Gasteiger partial charge on any atom is -0.378 e. The number of benzene rings is 1. The number of fused-ring (bicyclic) bond motifs is 5. The van der Waals surface area contributed by atoms with Crippen LogP contribution in [0.25, 0.3) is 0 Å². The second kappa shape index (κ2) is 7.37. The zero-order valence-corrected chi connectivity index (χ0v) is 16.9. The molecule has 0 bridgehead atoms. The van der Waals surface area contributed by atoms with E-state index in [2.05, 4.69) is 15.8 Å². The fraction of sp³-hybridized carbons (Fsp3) is 0.500. The quantitative estimate of drug-likeness (QED) is 0.706. The van der Waals surface area contributed by atoms with Crippen LogP contribution in [0.5, 0.6) is 0 Å². The first-order valence-electron chi connectivity index (χ1n) is 9.66. The van der Waals surface area contributed by atoms with Gasteiger partial charge in [-0.1, -0.05) is 6.08 Å². The predicted octanol–water partition coefficient (Wildman–Crippen LogP) is 1.87. The summed E-state index contributed by atoms with van der Waals surface area (Å²) in [5, 5.41) is -0.0419. The zero-order chi connectivity index (χ0) is 19.3. The third-order valence-corrected chi connectivity index (χ3v) is 7.89. The van der Waals surface area contributed by atoms with Gasteiger partial charge in [0, 0.05) is 48.1 Å². The van der Waals surface area contributed by atoms with Crippen LogP contribution in [0.1, 0.15) is 28.3 Å². The average Bonchev–Trinajstić information content (AvgIpc) is 2.75. The number of nitrogens with one attached hydrogen (secondary N) is 1. The number of halogens is 1. The van der Waals surface area contributed by atoms with Crippen LogP contribution in [0.3, 0.4) is 0 Å². The Morgan fingerprint density at radius 3 is 2.96 bits per heavy atom. The predicted molar refractivity (Wildman–Crippen MR) is 108 cm³/mol. The van der Waals surface area contributed by atoms with Gasteiger partial charge in [0.2, 0.25) is 0 Å². The molecular weight excluding hydrogens is 398 g/mol. The standard InChI is InChI=1S/C20H22ClN3O3S/c21-16-11-15-14-10-12(20(25)24-6-8-27-9-7-24)3-4-17(14)28(26)23-19(15)18-13(16)2-1-5-22-18/h1-5,10,13,15-16,18-19,23H,6-9,11H2/t13?,15?,16?,18?,19-,28?/m1/s1. The lowest BCUT2D eigenvalue weighted by molar-refractivity contribution is 0.0302. The smallest absolute Gasteiger partial charge is 0.254 e. The Kier molecular flexibility index (Phi) is 4.87. The molecule has 1 saturated carbocycles. The fourth-order valence-electron chi connectivity index (χ4n) is 4.74. The van der Waals surface area contributed by atoms with Crippen LogP contribution in [-0.4, -0.2) is 65.0 Å². The summed E-state index contributed by atoms with van der Waals surface area (Å²) in [6.45, 7) is 2.34. The van der Waals surface area contributed by atoms with Crippen LogP contribution in [0, 0.1) is 5.92 Å². The molecule has 1 aromatic rings. The maximum absolute atomic E-state index is 12.9. The minimum absolute atomic E-state index is 0.00157. The first-order valence-corrected chi connectivity index (χ1v) is 11.2. The number of carbonyl (C=O) groups excluding carboxylic acids is 1. The first-order chi connectivity index (χ1) is 13.6. The van der Waals surface area contributed by atoms with E-state index in [1.807, 2.05) is 23.1 Å². The van der Waals surface area contributed by atoms with Gasteiger partial charge in [0.1, 0.15) is 11.0 Å². The number of hydrogen-bond donors (Lipinski definition) is 1. The molecule has 1 N–H and O–H groups in total. The van der Waals surface area contributed by atoms with Crippen LogP contribution in [0.2, 0.25) is 0 Å². The number of morpholine rings is 1. The number of aliphatic imine (C=N–C) groups is 1. The number of amides is 1. The van der Waals surface area contributed by atoms with Gasteiger partial charge >= 0.3 is 0 Å². The van der Waals surface area contributed by atoms with Crippen LogP contribution >= 0.6 is 11.6 Å². The van der Waals surface area contributed by atoms with E-state index in [0.29, 0.717) is 31.9 Å². The number of ether oxygens (including phenoxy) is 1. The van der Waals surface area contributed by atoms with Gasteiger partial charge in [-0.25, -0.2) is 8.93 Å². The summed E-state index contributed by atoms with van der Waals surface area (Å²) in [6, 6.07) is 5.43. The number of dihydropyridines is 1. The molecule has 5 rings (SSSR count). The number of alkyl halides is 1. The molecule has 6 nitrogen and oxygen atoms in total. The zero-order valence-electron chi connectivity index (χ0n) is 15.3. The molecule has 8 heteroatoms. The average molecular weight is 420 g/mol. The highest BCUT2D eigenvalue weighted by Gasteiger charge is 2.48. The summed E-state index contributed by atoms with van der Waals surface area (Å²) in [5.41, 5.74) is 1.61. The Bertz CT molecular complexity index is 883. The van der Waals surface area contributed by atoms with Gasteiger partial charge in [0.25, 0.3) is 5.91 Å². The molecule has 0 radical (unpaired) electrons. The molecule has 148 valence electrons. The summed E-state index contributed by atoms with van der Waals surface area (Å²) >= 11 is 6.72. The maximum atomic E-state index is 12.9. The Morgan fingerprint density at radius 2 is 2.14 bits per heavy atom. The molecule has 1 amide bonds. The number of carbonyl (C=O) groups is 1. The van der Waals surface area contributed by atoms with Crippen molar-refractivity contribution in [1.29, 1.82) is 0 Å². The second-order valence-corrected chi connectivity index (χ2v) is 9.45. The lowest BCUT2D eigenvalue weighted by atomic mass is 9.71. The van der Waals surface area contributed by atoms with E-state index in [9.17, 15) is 9.00 Å². The molecule has 0 aromatic heterocycles. The van der Waals surface area contributed by atoms with Crippen LogP contribution < -0.4 is 4.72 Å². The highest BCUT2D eigenvalue weighted by Crippen LogP contribution is 2.45. The summed E-state index contributed by atoms with van der Waals surface area (Å²) in [7, 11) is -1.32. The van der Waals surface area contributed by atoms with Crippen LogP contribution in [0.15, 0.2) is 40.2 Å². The molecule has 1 saturated heterocycles. The van der Waals surface area contributed by atoms with Crippen molar-refractivity contribution < 1.29 is 13.7 Å². The second-order valence-electron chi connectivity index (χ2n) is 7.68. The normalized spacial score (nSPS) is 36.4. The molecule has 2 fully saturated rings. The number of nitrogens with zero attached hydrogens (tertiary/aromatic N) is 2. The van der Waals surface area contributed by atoms with Crippen LogP contribution in [0.4, 0.5) is 0 Å². The van der Waals surface area contributed by atoms with Crippen molar-refractivity contribution in [1.82, 2.24) is 9.62 Å². The van der Waals surface area contributed by atoms with Gasteiger partial charge in [0.15, 0.2) is 0 Å². The Balaban J connectivity index is 1.50. The van der Waals surface area contributed by atoms with E-state index >= 15 is 0 Å². The van der Waals surface area contributed by atoms with E-state index in [1.165, 1.54) is 0 Å². The van der Waals surface area contributed by atoms with E-state index in [4.69, 9.17) is 16.3 Å². The molecular formula is C20H22ClN3O3S. The number of allylic oxidation sites excluding steroid dienone is 1. The number of hydrogen-bond acceptors (Lipinski definition) is 4. The van der Waals surface area contributed by atoms with Gasteiger partial charge in [-0.3, -0.25) is 9.79 Å². The van der Waals surface area contributed by atoms with Crippen molar-refractivity contribution >= 4 is 34.7 Å². The maximum Gasteiger partial charge on any atom is 0.254 e. The molecule has 3 aliphatic heterocycles. The minimum atomic E-state index is -1.32. The van der Waals surface area contributed by atoms with Crippen molar-refractivity contribution in [2.45, 2.75) is 34.7 Å². The van der Waals surface area contributed by atoms with E-state index in [0.717, 1.165) is 16.9 Å². The van der Waals surface area contributed by atoms with E-state index in [1.54, 1.807) is 12.3 Å². The summed E-state index contributed by atoms with van der Waals surface area (Å²) in [4.78, 5) is 20.1. The largest absolute Gasteiger partial charge is 0.378 e. The lowest BCUT2D eigenvalue weighted by Crippen LogP contribution is -2.56. The van der Waals surface area contributed by atoms with Crippen molar-refractivity contribution in [2.75, 3.05) is 26.3 Å². The molecule has 1 aromatic carbocycles. The summed E-state index contributed by atoms with van der Waals surface area (Å²) in [6.07, 6.45) is 6.60. The topological polar surface area (TPSA) is 71.0 Å². The van der Waals surface area contributed by atoms with Gasteiger partial charge in [-0.05, 0) is 36.3 Å². The van der Waals surface area contributed by atoms with E-state index in [-0.39, 0.29) is 35.2 Å². The monoisotopic (exact) mass is 419 g/mol. The summed E-state index contributed by atoms with van der Waals surface area (Å²) < 4.78 is 21.5. The Labute approximate surface area is 171 Å². The molecule has 0 spiro atoms. The highest BCUT2D eigenvalue weighted by molar-refractivity contribution is 7.83. The van der Waals surface area contributed by atoms with Crippen molar-refractivity contribution in [3.63, 3.8) is 0 Å². The van der Waals surface area contributed by atoms with E-state index < -0.39 is 11.0 Å². The summed E-state index contributed by atoms with van der Waals surface area (Å²) in [5.74, 6) is 0.219. The van der Waals surface area contributed by atoms with Gasteiger partial charge < -0.3 is 9.64 Å². The molecule has 1 aliphatic carbocycles. The van der Waals surface area contributed by atoms with Crippen molar-refractivity contribution in [2.24, 2.45) is 10.9 Å². The third-order valence-electron chi connectivity index (χ3n) is 6.17.